The normalized spacial score (nSPS) is 32.1. The number of nitrogens with one attached hydrogen (secondary N) is 1. The van der Waals surface area contributed by atoms with Crippen LogP contribution in [-0.2, 0) is 10.0 Å². The van der Waals surface area contributed by atoms with Gasteiger partial charge in [0.1, 0.15) is 0 Å². The zero-order chi connectivity index (χ0) is 29.4. The highest BCUT2D eigenvalue weighted by Crippen LogP contribution is 2.55. The zero-order valence-electron chi connectivity index (χ0n) is 24.9. The molecule has 2 heterocycles. The van der Waals surface area contributed by atoms with Crippen molar-refractivity contribution in [3.8, 4) is 0 Å². The van der Waals surface area contributed by atoms with Crippen LogP contribution in [-0.4, -0.2) is 80.0 Å². The van der Waals surface area contributed by atoms with Crippen molar-refractivity contribution < 1.29 is 18.3 Å². The molecule has 2 atom stereocenters. The van der Waals surface area contributed by atoms with E-state index in [2.05, 4.69) is 45.4 Å². The number of sulfonamides is 1. The molecule has 2 aromatic rings. The van der Waals surface area contributed by atoms with E-state index >= 15 is 0 Å². The fourth-order valence-corrected chi connectivity index (χ4v) is 10.5. The van der Waals surface area contributed by atoms with Crippen molar-refractivity contribution >= 4 is 38.8 Å². The number of para-hydroxylation sites is 2. The predicted octanol–water partition coefficient (Wildman–Crippen LogP) is 4.15. The SMILES string of the molecule is CC1(C)CN(c2ccc(N3CCN(C(=O)NC4C5CC6CC4CC(O)(C6)C5)c4ccccc43)cc2)CCN1S(C)(=O)=O. The van der Waals surface area contributed by atoms with E-state index in [1.807, 2.05) is 36.9 Å². The summed E-state index contributed by atoms with van der Waals surface area (Å²) in [5.41, 5.74) is 3.06. The van der Waals surface area contributed by atoms with Crippen molar-refractivity contribution in [2.45, 2.75) is 63.1 Å². The highest BCUT2D eigenvalue weighted by Gasteiger charge is 2.55. The van der Waals surface area contributed by atoms with Gasteiger partial charge in [-0.1, -0.05) is 12.1 Å². The minimum atomic E-state index is -3.26. The maximum Gasteiger partial charge on any atom is 0.322 e. The first-order valence-corrected chi connectivity index (χ1v) is 17.2. The van der Waals surface area contributed by atoms with Gasteiger partial charge in [-0.15, -0.1) is 0 Å². The number of anilines is 4. The van der Waals surface area contributed by atoms with Gasteiger partial charge < -0.3 is 20.2 Å². The number of hydrogen-bond donors (Lipinski definition) is 2. The third-order valence-corrected chi connectivity index (χ3v) is 12.0. The average molecular weight is 594 g/mol. The van der Waals surface area contributed by atoms with Crippen LogP contribution < -0.4 is 20.0 Å². The number of carbonyl (C=O) groups excluding carboxylic acids is 1. The number of carbonyl (C=O) groups is 1. The van der Waals surface area contributed by atoms with Gasteiger partial charge in [-0.2, -0.15) is 4.31 Å². The minimum Gasteiger partial charge on any atom is -0.390 e. The molecule has 8 rings (SSSR count). The van der Waals surface area contributed by atoms with E-state index in [1.165, 1.54) is 6.26 Å². The number of fused-ring (bicyclic) bond motifs is 1. The Morgan fingerprint density at radius 3 is 2.14 bits per heavy atom. The van der Waals surface area contributed by atoms with E-state index in [0.29, 0.717) is 50.5 Å². The molecule has 5 fully saturated rings. The molecule has 42 heavy (non-hydrogen) atoms. The van der Waals surface area contributed by atoms with Gasteiger partial charge in [0.25, 0.3) is 0 Å². The molecule has 10 heteroatoms. The maximum absolute atomic E-state index is 13.7. The summed E-state index contributed by atoms with van der Waals surface area (Å²) < 4.78 is 26.1. The molecule has 2 N–H and O–H groups in total. The van der Waals surface area contributed by atoms with Crippen molar-refractivity contribution in [2.75, 3.05) is 53.7 Å². The van der Waals surface area contributed by atoms with Crippen molar-refractivity contribution in [2.24, 2.45) is 17.8 Å². The Hall–Kier alpha value is -2.82. The quantitative estimate of drug-likeness (QED) is 0.553. The lowest BCUT2D eigenvalue weighted by molar-refractivity contribution is -0.136. The molecule has 0 spiro atoms. The fourth-order valence-electron chi connectivity index (χ4n) is 9.10. The fraction of sp³-hybridized carbons (Fsp3) is 0.594. The van der Waals surface area contributed by atoms with Crippen molar-refractivity contribution in [3.63, 3.8) is 0 Å². The molecular formula is C32H43N5O4S. The Balaban J connectivity index is 1.06. The van der Waals surface area contributed by atoms with Gasteiger partial charge in [-0.3, -0.25) is 4.90 Å². The second-order valence-electron chi connectivity index (χ2n) is 14.0. The lowest BCUT2D eigenvalue weighted by atomic mass is 9.52. The molecule has 2 aliphatic heterocycles. The third-order valence-electron chi connectivity index (χ3n) is 10.5. The number of rotatable bonds is 4. The first-order valence-electron chi connectivity index (χ1n) is 15.4. The topological polar surface area (TPSA) is 96.4 Å². The molecule has 4 saturated carbocycles. The lowest BCUT2D eigenvalue weighted by Gasteiger charge is -2.58. The third kappa shape index (κ3) is 4.85. The van der Waals surface area contributed by atoms with E-state index in [9.17, 15) is 18.3 Å². The number of hydrogen-bond acceptors (Lipinski definition) is 6. The Labute approximate surface area is 249 Å². The van der Waals surface area contributed by atoms with Gasteiger partial charge in [-0.05, 0) is 100 Å². The monoisotopic (exact) mass is 593 g/mol. The van der Waals surface area contributed by atoms with Gasteiger partial charge in [0, 0.05) is 55.7 Å². The van der Waals surface area contributed by atoms with E-state index in [0.717, 1.165) is 54.9 Å². The molecule has 6 aliphatic rings. The molecular weight excluding hydrogens is 550 g/mol. The van der Waals surface area contributed by atoms with Crippen molar-refractivity contribution in [1.29, 1.82) is 0 Å². The summed E-state index contributed by atoms with van der Waals surface area (Å²) in [6, 6.07) is 16.7. The average Bonchev–Trinajstić information content (AvgIpc) is 2.92. The number of nitrogens with zero attached hydrogens (tertiary/aromatic N) is 4. The van der Waals surface area contributed by atoms with Gasteiger partial charge in [0.15, 0.2) is 0 Å². The predicted molar refractivity (Wildman–Crippen MR) is 166 cm³/mol. The molecule has 2 unspecified atom stereocenters. The van der Waals surface area contributed by atoms with Gasteiger partial charge in [0.2, 0.25) is 10.0 Å². The Bertz CT molecular complexity index is 1460. The summed E-state index contributed by atoms with van der Waals surface area (Å²) in [6.45, 7) is 6.97. The molecule has 4 aliphatic carbocycles. The molecule has 226 valence electrons. The summed E-state index contributed by atoms with van der Waals surface area (Å²) in [7, 11) is -3.26. The molecule has 1 saturated heterocycles. The van der Waals surface area contributed by atoms with E-state index in [4.69, 9.17) is 0 Å². The zero-order valence-corrected chi connectivity index (χ0v) is 25.7. The molecule has 4 bridgehead atoms. The molecule has 0 radical (unpaired) electrons. The van der Waals surface area contributed by atoms with E-state index < -0.39 is 21.2 Å². The molecule has 9 nitrogen and oxygen atoms in total. The van der Waals surface area contributed by atoms with E-state index in [-0.39, 0.29) is 12.1 Å². The van der Waals surface area contributed by atoms with Crippen LogP contribution in [0.15, 0.2) is 48.5 Å². The second-order valence-corrected chi connectivity index (χ2v) is 16.0. The van der Waals surface area contributed by atoms with Crippen LogP contribution in [0.1, 0.15) is 46.0 Å². The van der Waals surface area contributed by atoms with Gasteiger partial charge in [-0.25, -0.2) is 13.2 Å². The van der Waals surface area contributed by atoms with Crippen LogP contribution in [0, 0.1) is 17.8 Å². The summed E-state index contributed by atoms with van der Waals surface area (Å²) in [5.74, 6) is 1.36. The maximum atomic E-state index is 13.7. The number of aliphatic hydroxyl groups is 1. The summed E-state index contributed by atoms with van der Waals surface area (Å²) in [4.78, 5) is 20.1. The lowest BCUT2D eigenvalue weighted by Crippen LogP contribution is -2.63. The summed E-state index contributed by atoms with van der Waals surface area (Å²) >= 11 is 0. The van der Waals surface area contributed by atoms with Crippen LogP contribution in [0.4, 0.5) is 27.5 Å². The van der Waals surface area contributed by atoms with Crippen LogP contribution in [0.3, 0.4) is 0 Å². The second kappa shape index (κ2) is 9.86. The number of piperazine rings is 1. The van der Waals surface area contributed by atoms with Crippen molar-refractivity contribution in [1.82, 2.24) is 9.62 Å². The van der Waals surface area contributed by atoms with Crippen LogP contribution in [0.2, 0.25) is 0 Å². The Kier molecular flexibility index (Phi) is 6.57. The number of amides is 2. The standard InChI is InChI=1S/C32H43N5O4S/c1-31(2)21-34(12-15-37(31)42(3,40)41)25-8-10-26(11-9-25)35-13-14-36(28-7-5-4-6-27(28)35)30(38)33-29-23-16-22-17-24(29)20-32(39,18-22)19-23/h4-11,22-24,29,39H,12-21H2,1-3H3,(H,33,38). The first kappa shape index (κ1) is 28.0. The Morgan fingerprint density at radius 2 is 1.52 bits per heavy atom. The molecule has 0 aromatic heterocycles. The van der Waals surface area contributed by atoms with E-state index in [1.54, 1.807) is 4.31 Å². The largest absolute Gasteiger partial charge is 0.390 e. The van der Waals surface area contributed by atoms with Gasteiger partial charge in [0.05, 0.1) is 23.2 Å². The summed E-state index contributed by atoms with van der Waals surface area (Å²) in [6.07, 6.45) is 6.10. The minimum absolute atomic E-state index is 0.0299. The number of urea groups is 1. The first-order chi connectivity index (χ1) is 19.9. The summed E-state index contributed by atoms with van der Waals surface area (Å²) in [5, 5.41) is 14.4. The highest BCUT2D eigenvalue weighted by molar-refractivity contribution is 7.88. The highest BCUT2D eigenvalue weighted by atomic mass is 32.2. The van der Waals surface area contributed by atoms with Crippen LogP contribution in [0.5, 0.6) is 0 Å². The molecule has 2 aromatic carbocycles. The smallest absolute Gasteiger partial charge is 0.322 e. The Morgan fingerprint density at radius 1 is 0.881 bits per heavy atom. The van der Waals surface area contributed by atoms with Crippen LogP contribution in [0.25, 0.3) is 0 Å². The van der Waals surface area contributed by atoms with Crippen molar-refractivity contribution in [3.05, 3.63) is 48.5 Å². The van der Waals surface area contributed by atoms with Gasteiger partial charge >= 0.3 is 6.03 Å². The van der Waals surface area contributed by atoms with Crippen LogP contribution >= 0.6 is 0 Å². The molecule has 2 amide bonds. The number of benzene rings is 2.